The maximum atomic E-state index is 12.9. The number of rotatable bonds is 6. The number of hydrogen-bond donors (Lipinski definition) is 1. The minimum Gasteiger partial charge on any atom is -0.467 e. The molecule has 3 aromatic rings. The first kappa shape index (κ1) is 17.0. The summed E-state index contributed by atoms with van der Waals surface area (Å²) in [5.74, 6) is 0.509. The van der Waals surface area contributed by atoms with E-state index in [1.54, 1.807) is 46.8 Å². The topological polar surface area (TPSA) is 62.6 Å². The molecule has 25 heavy (non-hydrogen) atoms. The predicted octanol–water partition coefficient (Wildman–Crippen LogP) is 4.14. The van der Waals surface area contributed by atoms with Gasteiger partial charge in [0.25, 0.3) is 5.91 Å². The fourth-order valence-electron chi connectivity index (χ4n) is 2.46. The molecule has 0 aliphatic rings. The van der Waals surface area contributed by atoms with Crippen molar-refractivity contribution in [1.82, 2.24) is 4.90 Å². The van der Waals surface area contributed by atoms with E-state index < -0.39 is 0 Å². The van der Waals surface area contributed by atoms with Crippen LogP contribution in [0.3, 0.4) is 0 Å². The summed E-state index contributed by atoms with van der Waals surface area (Å²) in [7, 11) is 0. The van der Waals surface area contributed by atoms with Crippen LogP contribution in [0, 0.1) is 0 Å². The Labute approximate surface area is 149 Å². The molecule has 0 unspecified atom stereocenters. The SMILES string of the molecule is CC(=O)Nc1ccc(C(=O)N(Cc2ccco2)Cc2cccs2)cc1. The Morgan fingerprint density at radius 3 is 2.48 bits per heavy atom. The Hall–Kier alpha value is -2.86. The fraction of sp³-hybridized carbons (Fsp3) is 0.158. The van der Waals surface area contributed by atoms with E-state index in [9.17, 15) is 9.59 Å². The van der Waals surface area contributed by atoms with Crippen molar-refractivity contribution in [3.63, 3.8) is 0 Å². The molecule has 5 nitrogen and oxygen atoms in total. The van der Waals surface area contributed by atoms with Gasteiger partial charge in [0, 0.05) is 23.1 Å². The van der Waals surface area contributed by atoms with Crippen LogP contribution < -0.4 is 5.32 Å². The highest BCUT2D eigenvalue weighted by atomic mass is 32.1. The first-order valence-corrected chi connectivity index (χ1v) is 8.71. The van der Waals surface area contributed by atoms with E-state index >= 15 is 0 Å². The van der Waals surface area contributed by atoms with Gasteiger partial charge in [0.2, 0.25) is 5.91 Å². The standard InChI is InChI=1S/C19H18N2O3S/c1-14(22)20-16-8-6-15(7-9-16)19(23)21(12-17-4-2-10-24-17)13-18-5-3-11-25-18/h2-11H,12-13H2,1H3,(H,20,22). The van der Waals surface area contributed by atoms with Crippen LogP contribution >= 0.6 is 11.3 Å². The third kappa shape index (κ3) is 4.58. The van der Waals surface area contributed by atoms with Crippen molar-refractivity contribution in [3.8, 4) is 0 Å². The first-order chi connectivity index (χ1) is 12.1. The summed E-state index contributed by atoms with van der Waals surface area (Å²) in [5.41, 5.74) is 1.23. The van der Waals surface area contributed by atoms with E-state index in [1.807, 2.05) is 29.6 Å². The number of carbonyl (C=O) groups excluding carboxylic acids is 2. The molecule has 3 rings (SSSR count). The molecular formula is C19H18N2O3S. The van der Waals surface area contributed by atoms with Crippen LogP contribution in [0.1, 0.15) is 27.9 Å². The monoisotopic (exact) mass is 354 g/mol. The van der Waals surface area contributed by atoms with Crippen LogP contribution in [-0.2, 0) is 17.9 Å². The molecule has 0 aliphatic carbocycles. The molecule has 0 atom stereocenters. The van der Waals surface area contributed by atoms with Gasteiger partial charge in [0.1, 0.15) is 5.76 Å². The lowest BCUT2D eigenvalue weighted by atomic mass is 10.1. The molecular weight excluding hydrogens is 336 g/mol. The number of furan rings is 1. The largest absolute Gasteiger partial charge is 0.467 e. The molecule has 2 amide bonds. The molecule has 0 aliphatic heterocycles. The molecule has 0 saturated carbocycles. The van der Waals surface area contributed by atoms with E-state index in [-0.39, 0.29) is 11.8 Å². The normalized spacial score (nSPS) is 10.4. The van der Waals surface area contributed by atoms with E-state index in [0.717, 1.165) is 10.6 Å². The first-order valence-electron chi connectivity index (χ1n) is 7.83. The molecule has 0 radical (unpaired) electrons. The molecule has 0 saturated heterocycles. The number of hydrogen-bond acceptors (Lipinski definition) is 4. The Bertz CT molecular complexity index is 788. The second-order valence-electron chi connectivity index (χ2n) is 5.58. The average molecular weight is 354 g/mol. The van der Waals surface area contributed by atoms with Gasteiger partial charge in [-0.05, 0) is 47.8 Å². The minimum absolute atomic E-state index is 0.0841. The Balaban J connectivity index is 1.78. The third-order valence-electron chi connectivity index (χ3n) is 3.59. The average Bonchev–Trinajstić information content (AvgIpc) is 3.28. The summed E-state index contributed by atoms with van der Waals surface area (Å²) in [6.45, 7) is 2.37. The Kier molecular flexibility index (Phi) is 5.30. The zero-order chi connectivity index (χ0) is 17.6. The summed E-state index contributed by atoms with van der Waals surface area (Å²) >= 11 is 1.61. The molecule has 0 spiro atoms. The van der Waals surface area contributed by atoms with Crippen molar-refractivity contribution in [2.24, 2.45) is 0 Å². The lowest BCUT2D eigenvalue weighted by molar-refractivity contribution is -0.114. The summed E-state index contributed by atoms with van der Waals surface area (Å²) in [5, 5.41) is 4.69. The molecule has 6 heteroatoms. The zero-order valence-corrected chi connectivity index (χ0v) is 14.6. The van der Waals surface area contributed by atoms with Gasteiger partial charge in [-0.15, -0.1) is 11.3 Å². The summed E-state index contributed by atoms with van der Waals surface area (Å²) in [4.78, 5) is 26.9. The van der Waals surface area contributed by atoms with Crippen LogP contribution in [0.2, 0.25) is 0 Å². The number of thiophene rings is 1. The van der Waals surface area contributed by atoms with E-state index in [4.69, 9.17) is 4.42 Å². The van der Waals surface area contributed by atoms with Crippen molar-refractivity contribution >= 4 is 28.8 Å². The number of carbonyl (C=O) groups is 2. The molecule has 1 aromatic carbocycles. The molecule has 0 fully saturated rings. The fourth-order valence-corrected chi connectivity index (χ4v) is 3.18. The van der Waals surface area contributed by atoms with Gasteiger partial charge in [-0.3, -0.25) is 9.59 Å². The maximum absolute atomic E-state index is 12.9. The van der Waals surface area contributed by atoms with Gasteiger partial charge in [-0.1, -0.05) is 6.07 Å². The zero-order valence-electron chi connectivity index (χ0n) is 13.8. The van der Waals surface area contributed by atoms with Gasteiger partial charge in [-0.25, -0.2) is 0 Å². The van der Waals surface area contributed by atoms with Crippen molar-refractivity contribution in [2.75, 3.05) is 5.32 Å². The van der Waals surface area contributed by atoms with Crippen LogP contribution in [0.15, 0.2) is 64.6 Å². The Morgan fingerprint density at radius 1 is 1.08 bits per heavy atom. The van der Waals surface area contributed by atoms with Gasteiger partial charge in [0.05, 0.1) is 19.4 Å². The summed E-state index contributed by atoms with van der Waals surface area (Å²) in [6, 6.07) is 14.5. The van der Waals surface area contributed by atoms with E-state index in [0.29, 0.717) is 24.3 Å². The Morgan fingerprint density at radius 2 is 1.88 bits per heavy atom. The molecule has 2 heterocycles. The van der Waals surface area contributed by atoms with E-state index in [1.165, 1.54) is 6.92 Å². The van der Waals surface area contributed by atoms with Crippen LogP contribution in [-0.4, -0.2) is 16.7 Å². The lowest BCUT2D eigenvalue weighted by Crippen LogP contribution is -2.29. The highest BCUT2D eigenvalue weighted by Gasteiger charge is 2.18. The van der Waals surface area contributed by atoms with Crippen LogP contribution in [0.25, 0.3) is 0 Å². The summed E-state index contributed by atoms with van der Waals surface area (Å²) in [6.07, 6.45) is 1.60. The van der Waals surface area contributed by atoms with Gasteiger partial charge < -0.3 is 14.6 Å². The molecule has 0 bridgehead atoms. The van der Waals surface area contributed by atoms with Gasteiger partial charge in [0.15, 0.2) is 0 Å². The highest BCUT2D eigenvalue weighted by Crippen LogP contribution is 2.18. The van der Waals surface area contributed by atoms with Crippen molar-refractivity contribution in [2.45, 2.75) is 20.0 Å². The summed E-state index contributed by atoms with van der Waals surface area (Å²) < 4.78 is 5.39. The number of nitrogens with one attached hydrogen (secondary N) is 1. The lowest BCUT2D eigenvalue weighted by Gasteiger charge is -2.21. The van der Waals surface area contributed by atoms with Crippen LogP contribution in [0.5, 0.6) is 0 Å². The third-order valence-corrected chi connectivity index (χ3v) is 4.45. The maximum Gasteiger partial charge on any atom is 0.254 e. The van der Waals surface area contributed by atoms with Gasteiger partial charge >= 0.3 is 0 Å². The van der Waals surface area contributed by atoms with Crippen molar-refractivity contribution < 1.29 is 14.0 Å². The number of amides is 2. The predicted molar refractivity (Wildman–Crippen MR) is 97.4 cm³/mol. The van der Waals surface area contributed by atoms with Crippen molar-refractivity contribution in [3.05, 3.63) is 76.4 Å². The molecule has 1 N–H and O–H groups in total. The molecule has 128 valence electrons. The second kappa shape index (κ2) is 7.81. The minimum atomic E-state index is -0.142. The quantitative estimate of drug-likeness (QED) is 0.723. The number of anilines is 1. The smallest absolute Gasteiger partial charge is 0.254 e. The number of nitrogens with zero attached hydrogens (tertiary/aromatic N) is 1. The second-order valence-corrected chi connectivity index (χ2v) is 6.61. The van der Waals surface area contributed by atoms with Gasteiger partial charge in [-0.2, -0.15) is 0 Å². The van der Waals surface area contributed by atoms with E-state index in [2.05, 4.69) is 5.32 Å². The van der Waals surface area contributed by atoms with Crippen LogP contribution in [0.4, 0.5) is 5.69 Å². The van der Waals surface area contributed by atoms with Crippen molar-refractivity contribution in [1.29, 1.82) is 0 Å². The number of benzene rings is 1. The molecule has 2 aromatic heterocycles. The highest BCUT2D eigenvalue weighted by molar-refractivity contribution is 7.09.